The van der Waals surface area contributed by atoms with Gasteiger partial charge in [-0.05, 0) is 17.7 Å². The number of quaternary nitrogens is 1. The highest BCUT2D eigenvalue weighted by atomic mass is 35.5. The van der Waals surface area contributed by atoms with Crippen molar-refractivity contribution in [1.82, 2.24) is 0 Å². The maximum Gasteiger partial charge on any atom is 0.279 e. The van der Waals surface area contributed by atoms with Gasteiger partial charge in [0.25, 0.3) is 5.91 Å². The molecule has 3 nitrogen and oxygen atoms in total. The largest absolute Gasteiger partial charge is 0.323 e. The lowest BCUT2D eigenvalue weighted by Gasteiger charge is -2.25. The molecule has 1 aliphatic heterocycles. The highest BCUT2D eigenvalue weighted by Gasteiger charge is 2.22. The number of fused-ring (bicyclic) bond motifs is 1. The van der Waals surface area contributed by atoms with E-state index in [2.05, 4.69) is 23.5 Å². The Balaban J connectivity index is 1.64. The van der Waals surface area contributed by atoms with E-state index in [1.165, 1.54) is 16.0 Å². The Morgan fingerprint density at radius 1 is 1.05 bits per heavy atom. The van der Waals surface area contributed by atoms with Crippen LogP contribution in [-0.4, -0.2) is 19.0 Å². The molecule has 1 aliphatic rings. The van der Waals surface area contributed by atoms with Gasteiger partial charge in [-0.3, -0.25) is 4.79 Å². The highest BCUT2D eigenvalue weighted by Crippen LogP contribution is 2.29. The predicted molar refractivity (Wildman–Crippen MR) is 89.6 cm³/mol. The van der Waals surface area contributed by atoms with E-state index in [0.717, 1.165) is 19.5 Å². The summed E-state index contributed by atoms with van der Waals surface area (Å²) < 4.78 is 0. The van der Waals surface area contributed by atoms with Crippen LogP contribution in [0.25, 0.3) is 0 Å². The molecule has 0 fully saturated rings. The molecule has 1 atom stereocenters. The number of para-hydroxylation sites is 1. The van der Waals surface area contributed by atoms with Crippen LogP contribution >= 0.6 is 23.2 Å². The van der Waals surface area contributed by atoms with Crippen molar-refractivity contribution in [2.24, 2.45) is 0 Å². The maximum absolute atomic E-state index is 12.2. The normalized spacial score (nSPS) is 16.9. The monoisotopic (exact) mass is 335 g/mol. The molecule has 0 saturated heterocycles. The number of hydrogen-bond donors (Lipinski definition) is 2. The second-order valence-electron chi connectivity index (χ2n) is 5.52. The van der Waals surface area contributed by atoms with Crippen molar-refractivity contribution in [3.63, 3.8) is 0 Å². The second kappa shape index (κ2) is 6.69. The van der Waals surface area contributed by atoms with Crippen LogP contribution in [0.2, 0.25) is 10.0 Å². The number of benzene rings is 2. The van der Waals surface area contributed by atoms with Gasteiger partial charge in [-0.2, -0.15) is 0 Å². The van der Waals surface area contributed by atoms with E-state index in [9.17, 15) is 4.79 Å². The van der Waals surface area contributed by atoms with Crippen LogP contribution in [0.15, 0.2) is 42.5 Å². The van der Waals surface area contributed by atoms with Crippen molar-refractivity contribution in [3.8, 4) is 0 Å². The number of carbonyl (C=O) groups excluding carboxylic acids is 1. The van der Waals surface area contributed by atoms with Gasteiger partial charge in [0, 0.05) is 12.0 Å². The van der Waals surface area contributed by atoms with Crippen molar-refractivity contribution in [2.45, 2.75) is 13.0 Å². The third-order valence-corrected chi connectivity index (χ3v) is 4.57. The van der Waals surface area contributed by atoms with Gasteiger partial charge in [0.05, 0.1) is 22.3 Å². The summed E-state index contributed by atoms with van der Waals surface area (Å²) >= 11 is 12.2. The minimum Gasteiger partial charge on any atom is -0.323 e. The zero-order valence-corrected chi connectivity index (χ0v) is 13.5. The summed E-state index contributed by atoms with van der Waals surface area (Å²) in [6.07, 6.45) is 1.01. The Bertz CT molecular complexity index is 683. The fraction of sp³-hybridized carbons (Fsp3) is 0.235. The standard InChI is InChI=1S/C17H16Cl2N2O/c18-14-6-3-7-15(19)17(14)20-16(22)11-21-9-8-12-4-1-2-5-13(12)10-21/h1-7H,8-11H2,(H,20,22)/p+1. The van der Waals surface area contributed by atoms with E-state index < -0.39 is 0 Å². The summed E-state index contributed by atoms with van der Waals surface area (Å²) in [5.74, 6) is -0.0654. The first-order valence-electron chi connectivity index (χ1n) is 7.27. The number of anilines is 1. The highest BCUT2D eigenvalue weighted by molar-refractivity contribution is 6.39. The van der Waals surface area contributed by atoms with Crippen molar-refractivity contribution in [3.05, 3.63) is 63.6 Å². The molecule has 1 unspecified atom stereocenters. The van der Waals surface area contributed by atoms with Crippen LogP contribution in [0, 0.1) is 0 Å². The predicted octanol–water partition coefficient (Wildman–Crippen LogP) is 2.57. The minimum atomic E-state index is -0.0654. The van der Waals surface area contributed by atoms with Crippen molar-refractivity contribution < 1.29 is 9.69 Å². The van der Waals surface area contributed by atoms with Crippen LogP contribution in [0.5, 0.6) is 0 Å². The van der Waals surface area contributed by atoms with E-state index in [4.69, 9.17) is 23.2 Å². The molecule has 0 radical (unpaired) electrons. The van der Waals surface area contributed by atoms with Gasteiger partial charge in [-0.15, -0.1) is 0 Å². The quantitative estimate of drug-likeness (QED) is 0.888. The Morgan fingerprint density at radius 3 is 2.45 bits per heavy atom. The molecule has 2 aromatic rings. The molecule has 114 valence electrons. The Labute approximate surface area is 139 Å². The number of hydrogen-bond acceptors (Lipinski definition) is 1. The van der Waals surface area contributed by atoms with E-state index >= 15 is 0 Å². The maximum atomic E-state index is 12.2. The van der Waals surface area contributed by atoms with Gasteiger partial charge in [-0.25, -0.2) is 0 Å². The molecule has 5 heteroatoms. The van der Waals surface area contributed by atoms with Crippen molar-refractivity contribution in [2.75, 3.05) is 18.4 Å². The molecule has 0 saturated carbocycles. The molecule has 0 aliphatic carbocycles. The molecule has 3 rings (SSSR count). The smallest absolute Gasteiger partial charge is 0.279 e. The summed E-state index contributed by atoms with van der Waals surface area (Å²) in [5, 5.41) is 3.74. The van der Waals surface area contributed by atoms with Gasteiger partial charge in [0.15, 0.2) is 6.54 Å². The average molecular weight is 336 g/mol. The number of halogens is 2. The lowest BCUT2D eigenvalue weighted by Crippen LogP contribution is -3.12. The first-order chi connectivity index (χ1) is 10.6. The summed E-state index contributed by atoms with van der Waals surface area (Å²) in [7, 11) is 0. The Kier molecular flexibility index (Phi) is 4.67. The van der Waals surface area contributed by atoms with Crippen molar-refractivity contribution >= 4 is 34.8 Å². The number of nitrogens with one attached hydrogen (secondary N) is 2. The molecular formula is C17H17Cl2N2O+. The average Bonchev–Trinajstić information content (AvgIpc) is 2.51. The zero-order valence-electron chi connectivity index (χ0n) is 12.0. The van der Waals surface area contributed by atoms with Crippen LogP contribution in [0.1, 0.15) is 11.1 Å². The summed E-state index contributed by atoms with van der Waals surface area (Å²) in [6, 6.07) is 13.6. The summed E-state index contributed by atoms with van der Waals surface area (Å²) in [5.41, 5.74) is 3.21. The molecule has 1 heterocycles. The van der Waals surface area contributed by atoms with Crippen LogP contribution in [-0.2, 0) is 17.8 Å². The third-order valence-electron chi connectivity index (χ3n) is 3.94. The molecule has 1 amide bonds. The molecule has 2 N–H and O–H groups in total. The number of carbonyl (C=O) groups is 1. The van der Waals surface area contributed by atoms with Gasteiger partial charge >= 0.3 is 0 Å². The molecule has 22 heavy (non-hydrogen) atoms. The fourth-order valence-electron chi connectivity index (χ4n) is 2.82. The Hall–Kier alpha value is -1.55. The molecule has 2 aromatic carbocycles. The molecule has 0 aromatic heterocycles. The topological polar surface area (TPSA) is 33.5 Å². The van der Waals surface area contributed by atoms with Crippen LogP contribution < -0.4 is 10.2 Å². The van der Waals surface area contributed by atoms with Gasteiger partial charge in [-0.1, -0.05) is 53.5 Å². The first kappa shape index (κ1) is 15.3. The minimum absolute atomic E-state index is 0.0654. The Morgan fingerprint density at radius 2 is 1.73 bits per heavy atom. The number of rotatable bonds is 3. The van der Waals surface area contributed by atoms with E-state index in [0.29, 0.717) is 22.3 Å². The molecule has 0 spiro atoms. The van der Waals surface area contributed by atoms with Crippen LogP contribution in [0.4, 0.5) is 5.69 Å². The second-order valence-corrected chi connectivity index (χ2v) is 6.33. The van der Waals surface area contributed by atoms with Crippen LogP contribution in [0.3, 0.4) is 0 Å². The lowest BCUT2D eigenvalue weighted by atomic mass is 10.00. The lowest BCUT2D eigenvalue weighted by molar-refractivity contribution is -0.907. The summed E-state index contributed by atoms with van der Waals surface area (Å²) in [6.45, 7) is 2.25. The molecule has 0 bridgehead atoms. The van der Waals surface area contributed by atoms with Gasteiger partial charge < -0.3 is 10.2 Å². The SMILES string of the molecule is O=C(C[NH+]1CCc2ccccc2C1)Nc1c(Cl)cccc1Cl. The van der Waals surface area contributed by atoms with Gasteiger partial charge in [0.2, 0.25) is 0 Å². The number of amides is 1. The van der Waals surface area contributed by atoms with E-state index in [1.54, 1.807) is 18.2 Å². The molecular weight excluding hydrogens is 319 g/mol. The summed E-state index contributed by atoms with van der Waals surface area (Å²) in [4.78, 5) is 13.5. The zero-order chi connectivity index (χ0) is 15.5. The van der Waals surface area contributed by atoms with E-state index in [1.807, 2.05) is 6.07 Å². The third kappa shape index (κ3) is 3.43. The first-order valence-corrected chi connectivity index (χ1v) is 8.03. The van der Waals surface area contributed by atoms with Gasteiger partial charge in [0.1, 0.15) is 6.54 Å². The fourth-order valence-corrected chi connectivity index (χ4v) is 3.31. The van der Waals surface area contributed by atoms with E-state index in [-0.39, 0.29) is 5.91 Å². The van der Waals surface area contributed by atoms with Crippen molar-refractivity contribution in [1.29, 1.82) is 0 Å².